The Balaban J connectivity index is 1.75. The second-order valence-corrected chi connectivity index (χ2v) is 7.76. The number of carbonyl (C=O) groups excluding carboxylic acids is 2. The fourth-order valence-corrected chi connectivity index (χ4v) is 2.85. The molecule has 1 atom stereocenters. The highest BCUT2D eigenvalue weighted by molar-refractivity contribution is 7.89. The van der Waals surface area contributed by atoms with Gasteiger partial charge in [-0.15, -0.1) is 0 Å². The largest absolute Gasteiger partial charge is 0.494 e. The van der Waals surface area contributed by atoms with Gasteiger partial charge in [0.05, 0.1) is 24.5 Å². The van der Waals surface area contributed by atoms with Gasteiger partial charge in [0.1, 0.15) is 11.5 Å². The molecule has 2 rings (SSSR count). The van der Waals surface area contributed by atoms with Crippen molar-refractivity contribution < 1.29 is 32.2 Å². The molecule has 3 N–H and O–H groups in total. The van der Waals surface area contributed by atoms with Gasteiger partial charge in [-0.2, -0.15) is 0 Å². The molecule has 0 aliphatic rings. The average Bonchev–Trinajstić information content (AvgIpc) is 2.69. The number of hydrogen-bond donors (Lipinski definition) is 2. The molecule has 9 nitrogen and oxygen atoms in total. The first-order chi connectivity index (χ1) is 14.2. The summed E-state index contributed by atoms with van der Waals surface area (Å²) < 4.78 is 38.4. The van der Waals surface area contributed by atoms with Crippen LogP contribution in [0, 0.1) is 0 Å². The number of sulfonamides is 1. The number of amides is 1. The number of esters is 1. The van der Waals surface area contributed by atoms with Crippen LogP contribution in [0.1, 0.15) is 20.3 Å². The van der Waals surface area contributed by atoms with E-state index in [0.29, 0.717) is 18.0 Å². The Labute approximate surface area is 175 Å². The van der Waals surface area contributed by atoms with E-state index in [1.54, 1.807) is 24.3 Å². The lowest BCUT2D eigenvalue weighted by molar-refractivity contribution is -0.153. The Morgan fingerprint density at radius 3 is 2.10 bits per heavy atom. The summed E-state index contributed by atoms with van der Waals surface area (Å²) in [6, 6.07) is 12.3. The molecule has 0 aliphatic heterocycles. The number of carbonyl (C=O) groups is 2. The minimum Gasteiger partial charge on any atom is -0.494 e. The predicted molar refractivity (Wildman–Crippen MR) is 110 cm³/mol. The number of ether oxygens (including phenoxy) is 3. The van der Waals surface area contributed by atoms with Crippen molar-refractivity contribution in [2.24, 2.45) is 5.14 Å². The summed E-state index contributed by atoms with van der Waals surface area (Å²) in [5.41, 5.74) is 0.342. The lowest BCUT2D eigenvalue weighted by atomic mass is 10.3. The van der Waals surface area contributed by atoms with E-state index in [1.165, 1.54) is 31.2 Å². The summed E-state index contributed by atoms with van der Waals surface area (Å²) in [6.07, 6.45) is -1.07. The minimum atomic E-state index is -3.81. The third-order valence-electron chi connectivity index (χ3n) is 3.84. The molecule has 0 bridgehead atoms. The molecule has 0 fully saturated rings. The van der Waals surface area contributed by atoms with Crippen LogP contribution in [0.5, 0.6) is 11.5 Å². The van der Waals surface area contributed by atoms with E-state index in [4.69, 9.17) is 19.3 Å². The van der Waals surface area contributed by atoms with Gasteiger partial charge in [0.25, 0.3) is 5.91 Å². The number of nitrogens with one attached hydrogen (secondary N) is 1. The molecule has 162 valence electrons. The lowest BCUT2D eigenvalue weighted by Crippen LogP contribution is -2.30. The zero-order chi connectivity index (χ0) is 22.1. The molecule has 0 saturated carbocycles. The number of anilines is 1. The standard InChI is InChI=1S/C20H24N2O7S/c1-3-27-16-6-8-17(9-7-16)28-13-12-19(23)29-14(2)20(24)22-15-4-10-18(11-5-15)30(21,25)26/h4-11,14H,3,12-13H2,1-2H3,(H,22,24)(H2,21,25,26)/t14-/m1/s1. The van der Waals surface area contributed by atoms with Gasteiger partial charge in [-0.1, -0.05) is 0 Å². The number of nitrogens with two attached hydrogens (primary N) is 1. The van der Waals surface area contributed by atoms with Crippen molar-refractivity contribution in [2.45, 2.75) is 31.3 Å². The molecule has 0 spiro atoms. The molecule has 0 radical (unpaired) electrons. The summed E-state index contributed by atoms with van der Waals surface area (Å²) in [7, 11) is -3.81. The highest BCUT2D eigenvalue weighted by Crippen LogP contribution is 2.18. The molecule has 0 aliphatic carbocycles. The van der Waals surface area contributed by atoms with E-state index in [2.05, 4.69) is 5.32 Å². The normalized spacial score (nSPS) is 12.0. The molecule has 0 saturated heterocycles. The number of rotatable bonds is 10. The zero-order valence-electron chi connectivity index (χ0n) is 16.7. The van der Waals surface area contributed by atoms with Crippen molar-refractivity contribution >= 4 is 27.6 Å². The van der Waals surface area contributed by atoms with E-state index >= 15 is 0 Å². The maximum atomic E-state index is 12.1. The van der Waals surface area contributed by atoms with Crippen LogP contribution >= 0.6 is 0 Å². The Morgan fingerprint density at radius 2 is 1.57 bits per heavy atom. The fourth-order valence-electron chi connectivity index (χ4n) is 2.33. The molecule has 10 heteroatoms. The predicted octanol–water partition coefficient (Wildman–Crippen LogP) is 2.07. The number of primary sulfonamides is 1. The molecular formula is C20H24N2O7S. The Morgan fingerprint density at radius 1 is 1.00 bits per heavy atom. The van der Waals surface area contributed by atoms with Crippen molar-refractivity contribution in [3.8, 4) is 11.5 Å². The molecule has 2 aromatic carbocycles. The van der Waals surface area contributed by atoms with Gasteiger partial charge in [0.2, 0.25) is 10.0 Å². The Hall–Kier alpha value is -3.11. The van der Waals surface area contributed by atoms with Crippen LogP contribution in [0.15, 0.2) is 53.4 Å². The van der Waals surface area contributed by atoms with E-state index in [0.717, 1.165) is 5.75 Å². The van der Waals surface area contributed by atoms with Crippen LogP contribution in [-0.2, 0) is 24.3 Å². The molecule has 1 amide bonds. The number of benzene rings is 2. The third-order valence-corrected chi connectivity index (χ3v) is 4.77. The summed E-state index contributed by atoms with van der Waals surface area (Å²) in [4.78, 5) is 24.0. The van der Waals surface area contributed by atoms with Gasteiger partial charge in [0.15, 0.2) is 6.10 Å². The lowest BCUT2D eigenvalue weighted by Gasteiger charge is -2.14. The van der Waals surface area contributed by atoms with E-state index < -0.39 is 28.0 Å². The summed E-state index contributed by atoms with van der Waals surface area (Å²) in [5, 5.41) is 7.55. The first-order valence-electron chi connectivity index (χ1n) is 9.18. The van der Waals surface area contributed by atoms with Crippen LogP contribution in [0.2, 0.25) is 0 Å². The first-order valence-corrected chi connectivity index (χ1v) is 10.7. The molecule has 30 heavy (non-hydrogen) atoms. The SMILES string of the molecule is CCOc1ccc(OCCC(=O)O[C@H](C)C(=O)Nc2ccc(S(N)(=O)=O)cc2)cc1. The molecule has 0 heterocycles. The van der Waals surface area contributed by atoms with Crippen molar-refractivity contribution in [3.63, 3.8) is 0 Å². The van der Waals surface area contributed by atoms with Crippen LogP contribution in [-0.4, -0.2) is 39.6 Å². The number of hydrogen-bond acceptors (Lipinski definition) is 7. The average molecular weight is 436 g/mol. The Kier molecular flexibility index (Phi) is 8.19. The highest BCUT2D eigenvalue weighted by atomic mass is 32.2. The quantitative estimate of drug-likeness (QED) is 0.545. The van der Waals surface area contributed by atoms with Crippen molar-refractivity contribution in [1.29, 1.82) is 0 Å². The molecular weight excluding hydrogens is 412 g/mol. The van der Waals surface area contributed by atoms with Gasteiger partial charge in [-0.05, 0) is 62.4 Å². The van der Waals surface area contributed by atoms with Crippen LogP contribution in [0.4, 0.5) is 5.69 Å². The smallest absolute Gasteiger partial charge is 0.310 e. The zero-order valence-corrected chi connectivity index (χ0v) is 17.5. The van der Waals surface area contributed by atoms with Crippen molar-refractivity contribution in [1.82, 2.24) is 0 Å². The molecule has 0 aromatic heterocycles. The topological polar surface area (TPSA) is 134 Å². The summed E-state index contributed by atoms with van der Waals surface area (Å²) in [5.74, 6) is 0.163. The summed E-state index contributed by atoms with van der Waals surface area (Å²) >= 11 is 0. The van der Waals surface area contributed by atoms with Crippen LogP contribution < -0.4 is 19.9 Å². The minimum absolute atomic E-state index is 0.0338. The third kappa shape index (κ3) is 7.37. The molecule has 2 aromatic rings. The van der Waals surface area contributed by atoms with E-state index in [-0.39, 0.29) is 17.9 Å². The first kappa shape index (κ1) is 23.2. The van der Waals surface area contributed by atoms with Crippen molar-refractivity contribution in [3.05, 3.63) is 48.5 Å². The molecule has 0 unspecified atom stereocenters. The van der Waals surface area contributed by atoms with Crippen LogP contribution in [0.3, 0.4) is 0 Å². The monoisotopic (exact) mass is 436 g/mol. The Bertz CT molecular complexity index is 958. The second-order valence-electron chi connectivity index (χ2n) is 6.19. The maximum Gasteiger partial charge on any atom is 0.310 e. The van der Waals surface area contributed by atoms with E-state index in [9.17, 15) is 18.0 Å². The fraction of sp³-hybridized carbons (Fsp3) is 0.300. The van der Waals surface area contributed by atoms with Gasteiger partial charge >= 0.3 is 5.97 Å². The summed E-state index contributed by atoms with van der Waals surface area (Å²) in [6.45, 7) is 3.98. The maximum absolute atomic E-state index is 12.1. The van der Waals surface area contributed by atoms with Crippen molar-refractivity contribution in [2.75, 3.05) is 18.5 Å². The van der Waals surface area contributed by atoms with Gasteiger partial charge in [-0.3, -0.25) is 9.59 Å². The van der Waals surface area contributed by atoms with Crippen LogP contribution in [0.25, 0.3) is 0 Å². The van der Waals surface area contributed by atoms with E-state index in [1.807, 2.05) is 6.92 Å². The van der Waals surface area contributed by atoms with Gasteiger partial charge in [-0.25, -0.2) is 13.6 Å². The van der Waals surface area contributed by atoms with Gasteiger partial charge < -0.3 is 19.5 Å². The second kappa shape index (κ2) is 10.6. The highest BCUT2D eigenvalue weighted by Gasteiger charge is 2.18. The van der Waals surface area contributed by atoms with Gasteiger partial charge in [0, 0.05) is 5.69 Å².